The molecule has 7 heteroatoms. The number of amides is 3. The van der Waals surface area contributed by atoms with Gasteiger partial charge in [0.05, 0.1) is 20.3 Å². The number of methoxy groups -OCH3 is 2. The lowest BCUT2D eigenvalue weighted by Gasteiger charge is -2.38. The van der Waals surface area contributed by atoms with Gasteiger partial charge in [0.1, 0.15) is 0 Å². The minimum atomic E-state index is -0.250. The number of rotatable bonds is 7. The summed E-state index contributed by atoms with van der Waals surface area (Å²) in [4.78, 5) is 27.6. The van der Waals surface area contributed by atoms with Crippen LogP contribution in [0.15, 0.2) is 42.5 Å². The highest BCUT2D eigenvalue weighted by molar-refractivity contribution is 5.79. The molecule has 3 amide bonds. The van der Waals surface area contributed by atoms with Crippen LogP contribution in [0.1, 0.15) is 67.7 Å². The standard InChI is InChI=1S/C28H37N3O4/c1-34-24-18-21-15-17-31(27(20-10-6-5-7-11-20)23(21)19-25(24)35-2)28(33)29-16-14-26(32)30-22-12-8-3-4-9-13-22/h5-7,10-11,18-19,22,27H,3-4,8-9,12-17H2,1-2H3,(H,29,33)(H,30,32). The van der Waals surface area contributed by atoms with Crippen LogP contribution in [0.5, 0.6) is 11.5 Å². The molecule has 2 aliphatic rings. The Balaban J connectivity index is 1.45. The maximum Gasteiger partial charge on any atom is 0.318 e. The van der Waals surface area contributed by atoms with Crippen molar-refractivity contribution in [3.8, 4) is 11.5 Å². The third-order valence-corrected chi connectivity index (χ3v) is 7.10. The van der Waals surface area contributed by atoms with Crippen LogP contribution in [0.2, 0.25) is 0 Å². The molecule has 1 unspecified atom stereocenters. The normalized spacial score (nSPS) is 18.2. The Morgan fingerprint density at radius 2 is 1.66 bits per heavy atom. The number of carbonyl (C=O) groups excluding carboxylic acids is 2. The number of urea groups is 1. The van der Waals surface area contributed by atoms with E-state index in [1.165, 1.54) is 25.7 Å². The highest BCUT2D eigenvalue weighted by Crippen LogP contribution is 2.41. The van der Waals surface area contributed by atoms with E-state index in [1.54, 1.807) is 14.2 Å². The largest absolute Gasteiger partial charge is 0.493 e. The minimum Gasteiger partial charge on any atom is -0.493 e. The van der Waals surface area contributed by atoms with E-state index in [4.69, 9.17) is 9.47 Å². The average Bonchev–Trinajstić information content (AvgIpc) is 3.16. The van der Waals surface area contributed by atoms with Crippen molar-refractivity contribution in [1.82, 2.24) is 15.5 Å². The summed E-state index contributed by atoms with van der Waals surface area (Å²) >= 11 is 0. The maximum absolute atomic E-state index is 13.3. The van der Waals surface area contributed by atoms with Gasteiger partial charge in [-0.3, -0.25) is 4.79 Å². The van der Waals surface area contributed by atoms with Gasteiger partial charge in [-0.25, -0.2) is 4.79 Å². The molecule has 0 spiro atoms. The van der Waals surface area contributed by atoms with Crippen molar-refractivity contribution in [2.45, 2.75) is 63.5 Å². The van der Waals surface area contributed by atoms with E-state index in [-0.39, 0.29) is 30.4 Å². The predicted molar refractivity (Wildman–Crippen MR) is 136 cm³/mol. The van der Waals surface area contributed by atoms with Crippen LogP contribution in [-0.2, 0) is 11.2 Å². The molecular weight excluding hydrogens is 442 g/mol. The van der Waals surface area contributed by atoms with E-state index in [9.17, 15) is 9.59 Å². The van der Waals surface area contributed by atoms with Crippen molar-refractivity contribution in [3.05, 3.63) is 59.2 Å². The highest BCUT2D eigenvalue weighted by atomic mass is 16.5. The van der Waals surface area contributed by atoms with Crippen molar-refractivity contribution in [1.29, 1.82) is 0 Å². The van der Waals surface area contributed by atoms with E-state index in [0.29, 0.717) is 31.0 Å². The number of nitrogens with zero attached hydrogens (tertiary/aromatic N) is 1. The van der Waals surface area contributed by atoms with Gasteiger partial charge < -0.3 is 25.0 Å². The molecule has 2 aromatic carbocycles. The number of hydrogen-bond donors (Lipinski definition) is 2. The highest BCUT2D eigenvalue weighted by Gasteiger charge is 2.33. The first-order valence-electron chi connectivity index (χ1n) is 12.7. The molecule has 1 aliphatic carbocycles. The van der Waals surface area contributed by atoms with E-state index in [0.717, 1.165) is 29.5 Å². The Bertz CT molecular complexity index is 1000. The number of hydrogen-bond acceptors (Lipinski definition) is 4. The number of carbonyl (C=O) groups is 2. The molecule has 0 bridgehead atoms. The molecule has 1 fully saturated rings. The molecule has 4 rings (SSSR count). The van der Waals surface area contributed by atoms with Crippen LogP contribution >= 0.6 is 0 Å². The van der Waals surface area contributed by atoms with Gasteiger partial charge in [0.25, 0.3) is 0 Å². The van der Waals surface area contributed by atoms with E-state index in [1.807, 2.05) is 47.4 Å². The van der Waals surface area contributed by atoms with Gasteiger partial charge >= 0.3 is 6.03 Å². The fraction of sp³-hybridized carbons (Fsp3) is 0.500. The van der Waals surface area contributed by atoms with Crippen molar-refractivity contribution in [2.24, 2.45) is 0 Å². The topological polar surface area (TPSA) is 79.9 Å². The fourth-order valence-corrected chi connectivity index (χ4v) is 5.27. The molecule has 2 aromatic rings. The van der Waals surface area contributed by atoms with Gasteiger partial charge in [-0.15, -0.1) is 0 Å². The van der Waals surface area contributed by atoms with Crippen LogP contribution in [0, 0.1) is 0 Å². The second-order valence-corrected chi connectivity index (χ2v) is 9.40. The zero-order valence-corrected chi connectivity index (χ0v) is 20.8. The molecular formula is C28H37N3O4. The smallest absolute Gasteiger partial charge is 0.318 e. The van der Waals surface area contributed by atoms with Crippen LogP contribution in [0.3, 0.4) is 0 Å². The number of fused-ring (bicyclic) bond motifs is 1. The molecule has 35 heavy (non-hydrogen) atoms. The van der Waals surface area contributed by atoms with Gasteiger partial charge in [-0.2, -0.15) is 0 Å². The monoisotopic (exact) mass is 479 g/mol. The van der Waals surface area contributed by atoms with Crippen molar-refractivity contribution in [2.75, 3.05) is 27.3 Å². The Kier molecular flexibility index (Phi) is 8.50. The molecule has 1 saturated carbocycles. The predicted octanol–water partition coefficient (Wildman–Crippen LogP) is 4.59. The first-order valence-corrected chi connectivity index (χ1v) is 12.7. The summed E-state index contributed by atoms with van der Waals surface area (Å²) in [7, 11) is 3.25. The molecule has 1 atom stereocenters. The SMILES string of the molecule is COc1cc2c(cc1OC)C(c1ccccc1)N(C(=O)NCCC(=O)NC1CCCCCC1)CC2. The number of benzene rings is 2. The van der Waals surface area contributed by atoms with Gasteiger partial charge in [0.2, 0.25) is 5.91 Å². The van der Waals surface area contributed by atoms with Crippen molar-refractivity contribution >= 4 is 11.9 Å². The second kappa shape index (κ2) is 12.0. The van der Waals surface area contributed by atoms with Gasteiger partial charge in [-0.05, 0) is 48.1 Å². The first kappa shape index (κ1) is 24.9. The Morgan fingerprint density at radius 1 is 0.971 bits per heavy atom. The van der Waals surface area contributed by atoms with Gasteiger partial charge in [-0.1, -0.05) is 56.0 Å². The quantitative estimate of drug-likeness (QED) is 0.570. The number of ether oxygens (including phenoxy) is 2. The third-order valence-electron chi connectivity index (χ3n) is 7.10. The summed E-state index contributed by atoms with van der Waals surface area (Å²) in [6.07, 6.45) is 7.97. The molecule has 188 valence electrons. The van der Waals surface area contributed by atoms with Gasteiger partial charge in [0.15, 0.2) is 11.5 Å². The summed E-state index contributed by atoms with van der Waals surface area (Å²) in [5, 5.41) is 6.14. The van der Waals surface area contributed by atoms with Crippen molar-refractivity contribution in [3.63, 3.8) is 0 Å². The van der Waals surface area contributed by atoms with Crippen LogP contribution < -0.4 is 20.1 Å². The molecule has 0 radical (unpaired) electrons. The molecule has 0 saturated heterocycles. The summed E-state index contributed by atoms with van der Waals surface area (Å²) < 4.78 is 11.1. The van der Waals surface area contributed by atoms with Crippen LogP contribution in [-0.4, -0.2) is 50.2 Å². The third kappa shape index (κ3) is 6.08. The minimum absolute atomic E-state index is 0.0117. The summed E-state index contributed by atoms with van der Waals surface area (Å²) in [6.45, 7) is 0.885. The molecule has 0 aromatic heterocycles. The van der Waals surface area contributed by atoms with E-state index >= 15 is 0 Å². The van der Waals surface area contributed by atoms with Crippen LogP contribution in [0.25, 0.3) is 0 Å². The Labute approximate surface area is 208 Å². The first-order chi connectivity index (χ1) is 17.1. The van der Waals surface area contributed by atoms with Crippen molar-refractivity contribution < 1.29 is 19.1 Å². The zero-order chi connectivity index (χ0) is 24.6. The van der Waals surface area contributed by atoms with Gasteiger partial charge in [0, 0.05) is 25.6 Å². The zero-order valence-electron chi connectivity index (χ0n) is 20.8. The lowest BCUT2D eigenvalue weighted by molar-refractivity contribution is -0.121. The summed E-state index contributed by atoms with van der Waals surface area (Å²) in [6, 6.07) is 13.9. The fourth-order valence-electron chi connectivity index (χ4n) is 5.27. The molecule has 7 nitrogen and oxygen atoms in total. The lowest BCUT2D eigenvalue weighted by atomic mass is 9.88. The van der Waals surface area contributed by atoms with E-state index in [2.05, 4.69) is 10.6 Å². The van der Waals surface area contributed by atoms with E-state index < -0.39 is 0 Å². The summed E-state index contributed by atoms with van der Waals surface area (Å²) in [5.74, 6) is 1.35. The average molecular weight is 480 g/mol. The Hall–Kier alpha value is -3.22. The maximum atomic E-state index is 13.3. The second-order valence-electron chi connectivity index (χ2n) is 9.40. The molecule has 2 N–H and O–H groups in total. The molecule has 1 heterocycles. The number of nitrogens with one attached hydrogen (secondary N) is 2. The lowest BCUT2D eigenvalue weighted by Crippen LogP contribution is -2.47. The Morgan fingerprint density at radius 3 is 2.34 bits per heavy atom. The summed E-state index contributed by atoms with van der Waals surface area (Å²) in [5.41, 5.74) is 3.20. The van der Waals surface area contributed by atoms with Crippen LogP contribution in [0.4, 0.5) is 4.79 Å². The molecule has 1 aliphatic heterocycles.